The lowest BCUT2D eigenvalue weighted by molar-refractivity contribution is 0.628. The maximum absolute atomic E-state index is 8.34. The summed E-state index contributed by atoms with van der Waals surface area (Å²) in [6.07, 6.45) is 7.71. The molecule has 4 nitrogen and oxygen atoms in total. The second-order valence-electron chi connectivity index (χ2n) is 3.64. The number of unbranched alkanes of at least 4 members (excludes halogenated alkanes) is 2. The fourth-order valence-electron chi connectivity index (χ4n) is 1.41. The number of nitrogens with zero attached hydrogens (tertiary/aromatic N) is 3. The van der Waals surface area contributed by atoms with E-state index in [1.54, 1.807) is 0 Å². The van der Waals surface area contributed by atoms with E-state index in [2.05, 4.69) is 16.5 Å². The van der Waals surface area contributed by atoms with Crippen LogP contribution in [0.1, 0.15) is 24.8 Å². The zero-order valence-corrected chi connectivity index (χ0v) is 9.24. The van der Waals surface area contributed by atoms with Gasteiger partial charge < -0.3 is 5.32 Å². The van der Waals surface area contributed by atoms with Gasteiger partial charge in [-0.05, 0) is 37.9 Å². The molecule has 0 fully saturated rings. The van der Waals surface area contributed by atoms with Crippen LogP contribution in [0.15, 0.2) is 12.4 Å². The van der Waals surface area contributed by atoms with Crippen molar-refractivity contribution in [2.24, 2.45) is 7.05 Å². The molecule has 0 bridgehead atoms. The second kappa shape index (κ2) is 7.02. The normalized spacial score (nSPS) is 10.1. The highest BCUT2D eigenvalue weighted by atomic mass is 15.2. The van der Waals surface area contributed by atoms with Crippen LogP contribution < -0.4 is 5.32 Å². The highest BCUT2D eigenvalue weighted by Crippen LogP contribution is 1.96. The number of aromatic nitrogens is 2. The molecule has 0 aliphatic carbocycles. The van der Waals surface area contributed by atoms with Crippen molar-refractivity contribution in [3.8, 4) is 6.07 Å². The largest absolute Gasteiger partial charge is 0.316 e. The second-order valence-corrected chi connectivity index (χ2v) is 3.64. The van der Waals surface area contributed by atoms with Gasteiger partial charge >= 0.3 is 0 Å². The van der Waals surface area contributed by atoms with Crippen molar-refractivity contribution >= 4 is 0 Å². The fourth-order valence-corrected chi connectivity index (χ4v) is 1.41. The van der Waals surface area contributed by atoms with Crippen LogP contribution in [0.5, 0.6) is 0 Å². The van der Waals surface area contributed by atoms with Crippen molar-refractivity contribution in [2.45, 2.75) is 25.7 Å². The van der Waals surface area contributed by atoms with E-state index in [0.29, 0.717) is 6.42 Å². The first kappa shape index (κ1) is 11.7. The lowest BCUT2D eigenvalue weighted by Gasteiger charge is -2.01. The Labute approximate surface area is 90.9 Å². The molecule has 1 rings (SSSR count). The third-order valence-corrected chi connectivity index (χ3v) is 2.24. The monoisotopic (exact) mass is 206 g/mol. The Hall–Kier alpha value is -1.34. The molecule has 0 radical (unpaired) electrons. The molecular formula is C11H18N4. The minimum Gasteiger partial charge on any atom is -0.316 e. The van der Waals surface area contributed by atoms with Gasteiger partial charge in [-0.15, -0.1) is 0 Å². The predicted octanol–water partition coefficient (Wildman–Crippen LogP) is 1.25. The van der Waals surface area contributed by atoms with Crippen molar-refractivity contribution in [2.75, 3.05) is 13.1 Å². The molecule has 0 aliphatic heterocycles. The third kappa shape index (κ3) is 5.18. The fraction of sp³-hybridized carbons (Fsp3) is 0.636. The summed E-state index contributed by atoms with van der Waals surface area (Å²) in [6, 6.07) is 2.15. The van der Waals surface area contributed by atoms with E-state index in [1.807, 2.05) is 24.1 Å². The van der Waals surface area contributed by atoms with Crippen molar-refractivity contribution in [1.82, 2.24) is 15.1 Å². The number of nitrogens with one attached hydrogen (secondary N) is 1. The summed E-state index contributed by atoms with van der Waals surface area (Å²) in [5.41, 5.74) is 1.27. The van der Waals surface area contributed by atoms with Crippen LogP contribution >= 0.6 is 0 Å². The predicted molar refractivity (Wildman–Crippen MR) is 59.2 cm³/mol. The van der Waals surface area contributed by atoms with E-state index in [9.17, 15) is 0 Å². The quantitative estimate of drug-likeness (QED) is 0.683. The van der Waals surface area contributed by atoms with E-state index in [1.165, 1.54) is 5.56 Å². The van der Waals surface area contributed by atoms with E-state index in [0.717, 1.165) is 32.4 Å². The van der Waals surface area contributed by atoms with Crippen LogP contribution in [-0.4, -0.2) is 22.9 Å². The van der Waals surface area contributed by atoms with Crippen LogP contribution in [0, 0.1) is 11.3 Å². The van der Waals surface area contributed by atoms with Crippen molar-refractivity contribution in [3.63, 3.8) is 0 Å². The zero-order valence-electron chi connectivity index (χ0n) is 9.24. The number of aryl methyl sites for hydroxylation is 1. The third-order valence-electron chi connectivity index (χ3n) is 2.24. The Morgan fingerprint density at radius 2 is 2.33 bits per heavy atom. The molecule has 0 amide bonds. The van der Waals surface area contributed by atoms with Gasteiger partial charge in [0.15, 0.2) is 0 Å². The Balaban J connectivity index is 1.96. The van der Waals surface area contributed by atoms with Gasteiger partial charge in [-0.3, -0.25) is 4.68 Å². The van der Waals surface area contributed by atoms with Gasteiger partial charge in [0.05, 0.1) is 12.3 Å². The summed E-state index contributed by atoms with van der Waals surface area (Å²) in [5, 5.41) is 15.8. The summed E-state index contributed by atoms with van der Waals surface area (Å²) in [5.74, 6) is 0. The Morgan fingerprint density at radius 1 is 1.47 bits per heavy atom. The molecule has 15 heavy (non-hydrogen) atoms. The number of hydrogen-bond acceptors (Lipinski definition) is 3. The lowest BCUT2D eigenvalue weighted by atomic mass is 10.2. The summed E-state index contributed by atoms with van der Waals surface area (Å²) in [7, 11) is 1.93. The van der Waals surface area contributed by atoms with Crippen LogP contribution in [0.2, 0.25) is 0 Å². The standard InChI is InChI=1S/C11H18N4/c1-15-10-11(9-14-15)5-8-13-7-4-2-3-6-12/h9-10,13H,2-5,7-8H2,1H3. The molecule has 0 atom stereocenters. The van der Waals surface area contributed by atoms with Crippen LogP contribution in [-0.2, 0) is 13.5 Å². The van der Waals surface area contributed by atoms with Gasteiger partial charge in [0.1, 0.15) is 0 Å². The first-order valence-corrected chi connectivity index (χ1v) is 5.38. The maximum Gasteiger partial charge on any atom is 0.0621 e. The molecule has 82 valence electrons. The minimum absolute atomic E-state index is 0.671. The van der Waals surface area contributed by atoms with Crippen molar-refractivity contribution < 1.29 is 0 Å². The van der Waals surface area contributed by atoms with Gasteiger partial charge in [0.25, 0.3) is 0 Å². The Bertz CT molecular complexity index is 311. The molecule has 1 N–H and O–H groups in total. The summed E-state index contributed by atoms with van der Waals surface area (Å²) in [6.45, 7) is 1.99. The Kier molecular flexibility index (Phi) is 5.49. The Morgan fingerprint density at radius 3 is 3.00 bits per heavy atom. The van der Waals surface area contributed by atoms with E-state index < -0.39 is 0 Å². The molecular weight excluding hydrogens is 188 g/mol. The summed E-state index contributed by atoms with van der Waals surface area (Å²) < 4.78 is 1.82. The van der Waals surface area contributed by atoms with Gasteiger partial charge in [0.2, 0.25) is 0 Å². The SMILES string of the molecule is Cn1cc(CCNCCCCC#N)cn1. The average molecular weight is 206 g/mol. The molecule has 1 aromatic rings. The maximum atomic E-state index is 8.34. The van der Waals surface area contributed by atoms with E-state index in [4.69, 9.17) is 5.26 Å². The molecule has 0 unspecified atom stereocenters. The number of hydrogen-bond donors (Lipinski definition) is 1. The minimum atomic E-state index is 0.671. The molecule has 1 aromatic heterocycles. The average Bonchev–Trinajstić information content (AvgIpc) is 2.63. The van der Waals surface area contributed by atoms with E-state index in [-0.39, 0.29) is 0 Å². The zero-order chi connectivity index (χ0) is 10.9. The number of rotatable bonds is 7. The molecule has 0 saturated heterocycles. The van der Waals surface area contributed by atoms with Crippen LogP contribution in [0.3, 0.4) is 0 Å². The highest BCUT2D eigenvalue weighted by Gasteiger charge is 1.95. The van der Waals surface area contributed by atoms with Gasteiger partial charge in [-0.2, -0.15) is 10.4 Å². The molecule has 0 aromatic carbocycles. The first-order chi connectivity index (χ1) is 7.33. The van der Waals surface area contributed by atoms with E-state index >= 15 is 0 Å². The van der Waals surface area contributed by atoms with Gasteiger partial charge in [-0.25, -0.2) is 0 Å². The highest BCUT2D eigenvalue weighted by molar-refractivity contribution is 5.03. The van der Waals surface area contributed by atoms with Crippen LogP contribution in [0.4, 0.5) is 0 Å². The smallest absolute Gasteiger partial charge is 0.0621 e. The molecule has 0 spiro atoms. The van der Waals surface area contributed by atoms with Gasteiger partial charge in [0, 0.05) is 19.7 Å². The van der Waals surface area contributed by atoms with Crippen LogP contribution in [0.25, 0.3) is 0 Å². The van der Waals surface area contributed by atoms with Crippen molar-refractivity contribution in [1.29, 1.82) is 5.26 Å². The first-order valence-electron chi connectivity index (χ1n) is 5.38. The molecule has 0 saturated carbocycles. The molecule has 1 heterocycles. The molecule has 0 aliphatic rings. The lowest BCUT2D eigenvalue weighted by Crippen LogP contribution is -2.18. The van der Waals surface area contributed by atoms with Gasteiger partial charge in [-0.1, -0.05) is 0 Å². The summed E-state index contributed by atoms with van der Waals surface area (Å²) in [4.78, 5) is 0. The topological polar surface area (TPSA) is 53.6 Å². The molecule has 4 heteroatoms. The van der Waals surface area contributed by atoms with Crippen molar-refractivity contribution in [3.05, 3.63) is 18.0 Å². The summed E-state index contributed by atoms with van der Waals surface area (Å²) >= 11 is 0. The number of nitriles is 1.